The molecule has 2 N–H and O–H groups in total. The van der Waals surface area contributed by atoms with Crippen LogP contribution >= 0.6 is 11.3 Å². The molecule has 0 fully saturated rings. The van der Waals surface area contributed by atoms with Crippen LogP contribution in [0.2, 0.25) is 0 Å². The maximum absolute atomic E-state index is 5.95. The number of hydrogen-bond donors (Lipinski definition) is 1. The Labute approximate surface area is 93.8 Å². The number of benzene rings is 1. The third-order valence-corrected chi connectivity index (χ3v) is 3.23. The summed E-state index contributed by atoms with van der Waals surface area (Å²) in [6, 6.07) is 6.33. The molecular weight excluding hydrogens is 204 g/mol. The first-order valence-electron chi connectivity index (χ1n) is 5.04. The molecule has 0 radical (unpaired) electrons. The van der Waals surface area contributed by atoms with Crippen LogP contribution in [0.25, 0.3) is 0 Å². The molecule has 1 heterocycles. The Morgan fingerprint density at radius 3 is 2.87 bits per heavy atom. The van der Waals surface area contributed by atoms with E-state index in [4.69, 9.17) is 5.73 Å². The molecule has 78 valence electrons. The molecule has 0 unspecified atom stereocenters. The molecule has 3 heteroatoms. The molecule has 2 rings (SSSR count). The Kier molecular flexibility index (Phi) is 3.02. The number of aryl methyl sites for hydroxylation is 1. The van der Waals surface area contributed by atoms with Crippen LogP contribution in [0.3, 0.4) is 0 Å². The standard InChI is InChI=1S/C12H14N2S/c1-2-10-4-3-9(6-12(10)13)5-11-7-14-8-15-11/h3-4,6-8H,2,5,13H2,1H3. The fourth-order valence-corrected chi connectivity index (χ4v) is 2.24. The zero-order valence-electron chi connectivity index (χ0n) is 8.73. The first-order chi connectivity index (χ1) is 7.29. The number of nitrogen functional groups attached to an aromatic ring is 1. The van der Waals surface area contributed by atoms with Crippen LogP contribution in [0.15, 0.2) is 29.9 Å². The summed E-state index contributed by atoms with van der Waals surface area (Å²) in [6.45, 7) is 2.12. The molecule has 0 saturated heterocycles. The zero-order valence-corrected chi connectivity index (χ0v) is 9.55. The van der Waals surface area contributed by atoms with Gasteiger partial charge in [-0.15, -0.1) is 11.3 Å². The van der Waals surface area contributed by atoms with Gasteiger partial charge in [0.1, 0.15) is 0 Å². The van der Waals surface area contributed by atoms with Crippen molar-refractivity contribution >= 4 is 17.0 Å². The maximum atomic E-state index is 5.95. The molecule has 0 aliphatic heterocycles. The van der Waals surface area contributed by atoms with E-state index < -0.39 is 0 Å². The Morgan fingerprint density at radius 1 is 1.40 bits per heavy atom. The highest BCUT2D eigenvalue weighted by molar-refractivity contribution is 7.09. The second-order valence-corrected chi connectivity index (χ2v) is 4.50. The van der Waals surface area contributed by atoms with Crippen molar-refractivity contribution < 1.29 is 0 Å². The van der Waals surface area contributed by atoms with Gasteiger partial charge in [0.25, 0.3) is 0 Å². The molecule has 0 atom stereocenters. The summed E-state index contributed by atoms with van der Waals surface area (Å²) in [5.74, 6) is 0. The van der Waals surface area contributed by atoms with Crippen LogP contribution in [-0.4, -0.2) is 4.98 Å². The van der Waals surface area contributed by atoms with E-state index in [1.54, 1.807) is 11.3 Å². The molecule has 1 aromatic heterocycles. The minimum absolute atomic E-state index is 0.902. The van der Waals surface area contributed by atoms with Crippen LogP contribution in [0, 0.1) is 0 Å². The zero-order chi connectivity index (χ0) is 10.7. The number of rotatable bonds is 3. The summed E-state index contributed by atoms with van der Waals surface area (Å²) in [5.41, 5.74) is 11.2. The molecule has 0 spiro atoms. The van der Waals surface area contributed by atoms with E-state index in [0.717, 1.165) is 18.5 Å². The van der Waals surface area contributed by atoms with Crippen molar-refractivity contribution in [2.75, 3.05) is 5.73 Å². The Balaban J connectivity index is 2.20. The van der Waals surface area contributed by atoms with Crippen molar-refractivity contribution in [3.63, 3.8) is 0 Å². The van der Waals surface area contributed by atoms with Crippen molar-refractivity contribution in [2.45, 2.75) is 19.8 Å². The van der Waals surface area contributed by atoms with Crippen molar-refractivity contribution in [1.29, 1.82) is 0 Å². The lowest BCUT2D eigenvalue weighted by atomic mass is 10.0. The van der Waals surface area contributed by atoms with Crippen LogP contribution in [0.5, 0.6) is 0 Å². The lowest BCUT2D eigenvalue weighted by molar-refractivity contribution is 1.13. The van der Waals surface area contributed by atoms with Gasteiger partial charge in [0.2, 0.25) is 0 Å². The fraction of sp³-hybridized carbons (Fsp3) is 0.250. The van der Waals surface area contributed by atoms with Gasteiger partial charge in [-0.3, -0.25) is 4.98 Å². The summed E-state index contributed by atoms with van der Waals surface area (Å²) in [7, 11) is 0. The summed E-state index contributed by atoms with van der Waals surface area (Å²) < 4.78 is 0. The maximum Gasteiger partial charge on any atom is 0.0794 e. The summed E-state index contributed by atoms with van der Waals surface area (Å²) in [6.07, 6.45) is 3.83. The fourth-order valence-electron chi connectivity index (χ4n) is 1.61. The molecular formula is C12H14N2S. The highest BCUT2D eigenvalue weighted by atomic mass is 32.1. The molecule has 0 bridgehead atoms. The highest BCUT2D eigenvalue weighted by Crippen LogP contribution is 2.18. The average Bonchev–Trinajstić information content (AvgIpc) is 2.71. The Morgan fingerprint density at radius 2 is 2.27 bits per heavy atom. The van der Waals surface area contributed by atoms with Crippen molar-refractivity contribution in [3.8, 4) is 0 Å². The van der Waals surface area contributed by atoms with Gasteiger partial charge in [0.15, 0.2) is 0 Å². The molecule has 0 amide bonds. The largest absolute Gasteiger partial charge is 0.398 e. The number of nitrogens with two attached hydrogens (primary N) is 1. The summed E-state index contributed by atoms with van der Waals surface area (Å²) in [4.78, 5) is 5.34. The van der Waals surface area contributed by atoms with E-state index in [0.29, 0.717) is 0 Å². The van der Waals surface area contributed by atoms with Crippen molar-refractivity contribution in [2.24, 2.45) is 0 Å². The van der Waals surface area contributed by atoms with Gasteiger partial charge < -0.3 is 5.73 Å². The quantitative estimate of drug-likeness (QED) is 0.804. The van der Waals surface area contributed by atoms with Crippen LogP contribution in [-0.2, 0) is 12.8 Å². The second kappa shape index (κ2) is 4.45. The minimum Gasteiger partial charge on any atom is -0.398 e. The van der Waals surface area contributed by atoms with Gasteiger partial charge >= 0.3 is 0 Å². The van der Waals surface area contributed by atoms with Gasteiger partial charge in [-0.05, 0) is 23.6 Å². The van der Waals surface area contributed by atoms with E-state index in [1.165, 1.54) is 16.0 Å². The molecule has 1 aromatic carbocycles. The Bertz CT molecular complexity index is 435. The monoisotopic (exact) mass is 218 g/mol. The second-order valence-electron chi connectivity index (χ2n) is 3.53. The number of nitrogens with zero attached hydrogens (tertiary/aromatic N) is 1. The number of thiazole rings is 1. The van der Waals surface area contributed by atoms with E-state index in [9.17, 15) is 0 Å². The molecule has 0 aliphatic carbocycles. The molecule has 2 aromatic rings. The first kappa shape index (κ1) is 10.2. The smallest absolute Gasteiger partial charge is 0.0794 e. The van der Waals surface area contributed by atoms with Gasteiger partial charge in [-0.1, -0.05) is 19.1 Å². The van der Waals surface area contributed by atoms with Crippen LogP contribution in [0.4, 0.5) is 5.69 Å². The third kappa shape index (κ3) is 2.36. The highest BCUT2D eigenvalue weighted by Gasteiger charge is 2.01. The summed E-state index contributed by atoms with van der Waals surface area (Å²) >= 11 is 1.68. The topological polar surface area (TPSA) is 38.9 Å². The first-order valence-corrected chi connectivity index (χ1v) is 5.92. The molecule has 2 nitrogen and oxygen atoms in total. The van der Waals surface area contributed by atoms with E-state index in [-0.39, 0.29) is 0 Å². The number of anilines is 1. The van der Waals surface area contributed by atoms with E-state index >= 15 is 0 Å². The molecule has 15 heavy (non-hydrogen) atoms. The van der Waals surface area contributed by atoms with Gasteiger partial charge in [-0.25, -0.2) is 0 Å². The minimum atomic E-state index is 0.902. The third-order valence-electron chi connectivity index (χ3n) is 2.45. The lowest BCUT2D eigenvalue weighted by Gasteiger charge is -2.05. The van der Waals surface area contributed by atoms with Gasteiger partial charge in [0, 0.05) is 23.2 Å². The van der Waals surface area contributed by atoms with Gasteiger partial charge in [0.05, 0.1) is 5.51 Å². The van der Waals surface area contributed by atoms with E-state index in [1.807, 2.05) is 11.7 Å². The number of aromatic nitrogens is 1. The molecule has 0 saturated carbocycles. The summed E-state index contributed by atoms with van der Waals surface area (Å²) in [5, 5.41) is 0. The Hall–Kier alpha value is -1.35. The predicted molar refractivity (Wildman–Crippen MR) is 65.2 cm³/mol. The normalized spacial score (nSPS) is 10.5. The SMILES string of the molecule is CCc1ccc(Cc2cncs2)cc1N. The molecule has 0 aliphatic rings. The average molecular weight is 218 g/mol. The lowest BCUT2D eigenvalue weighted by Crippen LogP contribution is -1.95. The predicted octanol–water partition coefficient (Wildman–Crippen LogP) is 2.88. The van der Waals surface area contributed by atoms with Gasteiger partial charge in [-0.2, -0.15) is 0 Å². The van der Waals surface area contributed by atoms with Crippen LogP contribution in [0.1, 0.15) is 22.9 Å². The van der Waals surface area contributed by atoms with E-state index in [2.05, 4.69) is 30.1 Å². The van der Waals surface area contributed by atoms with Crippen molar-refractivity contribution in [3.05, 3.63) is 45.9 Å². The number of hydrogen-bond acceptors (Lipinski definition) is 3. The van der Waals surface area contributed by atoms with Crippen LogP contribution < -0.4 is 5.73 Å². The van der Waals surface area contributed by atoms with Crippen molar-refractivity contribution in [1.82, 2.24) is 4.98 Å².